The second kappa shape index (κ2) is 8.66. The van der Waals surface area contributed by atoms with Gasteiger partial charge in [0.05, 0.1) is 0 Å². The number of benzene rings is 1. The van der Waals surface area contributed by atoms with Crippen LogP contribution >= 0.6 is 0 Å². The molecule has 0 radical (unpaired) electrons. The molecule has 3 N–H and O–H groups in total. The molecule has 0 saturated heterocycles. The molecule has 0 aliphatic carbocycles. The van der Waals surface area contributed by atoms with Gasteiger partial charge in [-0.15, -0.1) is 0 Å². The number of nitrogens with one attached hydrogen (secondary N) is 2. The van der Waals surface area contributed by atoms with Gasteiger partial charge < -0.3 is 20.5 Å². The van der Waals surface area contributed by atoms with E-state index in [0.717, 1.165) is 0 Å². The second-order valence-electron chi connectivity index (χ2n) is 5.29. The summed E-state index contributed by atoms with van der Waals surface area (Å²) in [6.07, 6.45) is 0.0432. The molecule has 2 unspecified atom stereocenters. The van der Waals surface area contributed by atoms with E-state index in [1.165, 1.54) is 32.9 Å². The van der Waals surface area contributed by atoms with Crippen LogP contribution in [0.3, 0.4) is 0 Å². The number of rotatable bonds is 7. The van der Waals surface area contributed by atoms with E-state index < -0.39 is 29.9 Å². The van der Waals surface area contributed by atoms with Gasteiger partial charge >= 0.3 is 11.9 Å². The monoisotopic (exact) mass is 336 g/mol. The fourth-order valence-electron chi connectivity index (χ4n) is 1.99. The third-order valence-corrected chi connectivity index (χ3v) is 3.01. The fourth-order valence-corrected chi connectivity index (χ4v) is 1.99. The van der Waals surface area contributed by atoms with E-state index in [-0.39, 0.29) is 18.1 Å². The molecule has 0 aromatic heterocycles. The topological polar surface area (TPSA) is 122 Å². The Morgan fingerprint density at radius 2 is 1.75 bits per heavy atom. The van der Waals surface area contributed by atoms with Crippen LogP contribution in [0.4, 0.5) is 0 Å². The van der Waals surface area contributed by atoms with Gasteiger partial charge in [0.2, 0.25) is 11.8 Å². The lowest BCUT2D eigenvalue weighted by Gasteiger charge is -2.15. The Hall–Kier alpha value is -2.90. The van der Waals surface area contributed by atoms with Crippen molar-refractivity contribution in [2.75, 3.05) is 0 Å². The molecule has 0 saturated carbocycles. The van der Waals surface area contributed by atoms with Crippen LogP contribution in [0.15, 0.2) is 24.3 Å². The molecule has 0 spiro atoms. The molecule has 0 fully saturated rings. The van der Waals surface area contributed by atoms with Gasteiger partial charge in [-0.25, -0.2) is 9.59 Å². The summed E-state index contributed by atoms with van der Waals surface area (Å²) in [7, 11) is 0. The lowest BCUT2D eigenvalue weighted by atomic mass is 10.1. The minimum atomic E-state index is -1.16. The maximum Gasteiger partial charge on any atom is 0.333 e. The normalized spacial score (nSPS) is 12.6. The van der Waals surface area contributed by atoms with E-state index in [1.807, 2.05) is 0 Å². The second-order valence-corrected chi connectivity index (χ2v) is 5.29. The van der Waals surface area contributed by atoms with Crippen molar-refractivity contribution in [3.05, 3.63) is 29.8 Å². The number of carboxylic acid groups (broad SMARTS) is 1. The number of hydrogen-bond acceptors (Lipinski definition) is 5. The SMILES string of the molecule is CC(=O)NC(C)C(=O)Oc1cccc(CC(NC(C)=O)C(=O)O)c1. The number of hydrogen-bond donors (Lipinski definition) is 3. The first-order valence-corrected chi connectivity index (χ1v) is 7.26. The van der Waals surface area contributed by atoms with Crippen molar-refractivity contribution in [3.63, 3.8) is 0 Å². The van der Waals surface area contributed by atoms with Crippen LogP contribution in [-0.2, 0) is 25.6 Å². The molecule has 1 aromatic carbocycles. The number of carbonyl (C=O) groups excluding carboxylic acids is 3. The van der Waals surface area contributed by atoms with Crippen LogP contribution < -0.4 is 15.4 Å². The van der Waals surface area contributed by atoms with Gasteiger partial charge in [0.25, 0.3) is 0 Å². The van der Waals surface area contributed by atoms with Crippen molar-refractivity contribution in [1.82, 2.24) is 10.6 Å². The Bertz CT molecular complexity index is 643. The minimum absolute atomic E-state index is 0.0432. The zero-order valence-corrected chi connectivity index (χ0v) is 13.7. The molecule has 1 aromatic rings. The Kier molecular flexibility index (Phi) is 6.91. The van der Waals surface area contributed by atoms with Crippen molar-refractivity contribution in [2.45, 2.75) is 39.3 Å². The molecule has 130 valence electrons. The molecular formula is C16H20N2O6. The van der Waals surface area contributed by atoms with Gasteiger partial charge in [0.15, 0.2) is 0 Å². The van der Waals surface area contributed by atoms with Crippen molar-refractivity contribution >= 4 is 23.8 Å². The number of esters is 1. The van der Waals surface area contributed by atoms with E-state index in [0.29, 0.717) is 5.56 Å². The molecular weight excluding hydrogens is 316 g/mol. The lowest BCUT2D eigenvalue weighted by molar-refractivity contribution is -0.141. The third-order valence-electron chi connectivity index (χ3n) is 3.01. The van der Waals surface area contributed by atoms with E-state index in [1.54, 1.807) is 12.1 Å². The lowest BCUT2D eigenvalue weighted by Crippen LogP contribution is -2.41. The van der Waals surface area contributed by atoms with Crippen LogP contribution in [0.25, 0.3) is 0 Å². The molecule has 24 heavy (non-hydrogen) atoms. The molecule has 0 aliphatic rings. The minimum Gasteiger partial charge on any atom is -0.480 e. The zero-order valence-electron chi connectivity index (χ0n) is 13.7. The summed E-state index contributed by atoms with van der Waals surface area (Å²) in [6.45, 7) is 4.01. The van der Waals surface area contributed by atoms with Gasteiger partial charge in [0.1, 0.15) is 17.8 Å². The average Bonchev–Trinajstić information content (AvgIpc) is 2.45. The maximum atomic E-state index is 11.8. The summed E-state index contributed by atoms with van der Waals surface area (Å²) in [6, 6.07) is 4.43. The van der Waals surface area contributed by atoms with Crippen LogP contribution in [0.2, 0.25) is 0 Å². The number of carboxylic acids is 1. The highest BCUT2D eigenvalue weighted by molar-refractivity contribution is 5.84. The number of ether oxygens (including phenoxy) is 1. The zero-order chi connectivity index (χ0) is 18.3. The van der Waals surface area contributed by atoms with Gasteiger partial charge in [0, 0.05) is 20.3 Å². The predicted octanol–water partition coefficient (Wildman–Crippen LogP) is 0.248. The molecule has 2 atom stereocenters. The third kappa shape index (κ3) is 6.47. The molecule has 2 amide bonds. The highest BCUT2D eigenvalue weighted by Gasteiger charge is 2.20. The quantitative estimate of drug-likeness (QED) is 0.485. The van der Waals surface area contributed by atoms with Crippen LogP contribution in [0.5, 0.6) is 5.75 Å². The molecule has 8 heteroatoms. The first kappa shape index (κ1) is 19.1. The number of aliphatic carboxylic acids is 1. The number of carbonyl (C=O) groups is 4. The van der Waals surface area contributed by atoms with Crippen molar-refractivity contribution in [2.24, 2.45) is 0 Å². The van der Waals surface area contributed by atoms with Gasteiger partial charge in [-0.2, -0.15) is 0 Å². The van der Waals surface area contributed by atoms with Crippen LogP contribution in [0.1, 0.15) is 26.3 Å². The van der Waals surface area contributed by atoms with Gasteiger partial charge in [-0.05, 0) is 24.6 Å². The van der Waals surface area contributed by atoms with Crippen molar-refractivity contribution in [3.8, 4) is 5.75 Å². The predicted molar refractivity (Wildman–Crippen MR) is 84.3 cm³/mol. The maximum absolute atomic E-state index is 11.8. The standard InChI is InChI=1S/C16H20N2O6/c1-9(17-10(2)19)16(23)24-13-6-4-5-12(7-13)8-14(15(21)22)18-11(3)20/h4-7,9,14H,8H2,1-3H3,(H,17,19)(H,18,20)(H,21,22). The van der Waals surface area contributed by atoms with Crippen molar-refractivity contribution < 1.29 is 29.0 Å². The highest BCUT2D eigenvalue weighted by Crippen LogP contribution is 2.15. The van der Waals surface area contributed by atoms with Crippen LogP contribution in [-0.4, -0.2) is 40.9 Å². The highest BCUT2D eigenvalue weighted by atomic mass is 16.5. The largest absolute Gasteiger partial charge is 0.480 e. The molecule has 0 aliphatic heterocycles. The smallest absolute Gasteiger partial charge is 0.333 e. The molecule has 1 rings (SSSR count). The summed E-state index contributed by atoms with van der Waals surface area (Å²) in [5.74, 6) is -2.38. The Morgan fingerprint density at radius 1 is 1.12 bits per heavy atom. The Balaban J connectivity index is 2.79. The van der Waals surface area contributed by atoms with E-state index in [4.69, 9.17) is 9.84 Å². The summed E-state index contributed by atoms with van der Waals surface area (Å²) in [5, 5.41) is 13.9. The summed E-state index contributed by atoms with van der Waals surface area (Å²) < 4.78 is 5.15. The first-order valence-electron chi connectivity index (χ1n) is 7.26. The summed E-state index contributed by atoms with van der Waals surface area (Å²) >= 11 is 0. The van der Waals surface area contributed by atoms with Crippen LogP contribution in [0, 0.1) is 0 Å². The van der Waals surface area contributed by atoms with E-state index in [2.05, 4.69) is 10.6 Å². The fraction of sp³-hybridized carbons (Fsp3) is 0.375. The number of amides is 2. The van der Waals surface area contributed by atoms with E-state index in [9.17, 15) is 19.2 Å². The van der Waals surface area contributed by atoms with Gasteiger partial charge in [-0.3, -0.25) is 9.59 Å². The molecule has 8 nitrogen and oxygen atoms in total. The van der Waals surface area contributed by atoms with E-state index >= 15 is 0 Å². The summed E-state index contributed by atoms with van der Waals surface area (Å²) in [5.41, 5.74) is 0.577. The van der Waals surface area contributed by atoms with Crippen molar-refractivity contribution in [1.29, 1.82) is 0 Å². The average molecular weight is 336 g/mol. The molecule has 0 bridgehead atoms. The first-order chi connectivity index (χ1) is 11.2. The Labute approximate surface area is 139 Å². The Morgan fingerprint density at radius 3 is 2.29 bits per heavy atom. The molecule has 0 heterocycles. The summed E-state index contributed by atoms with van der Waals surface area (Å²) in [4.78, 5) is 45.0. The van der Waals surface area contributed by atoms with Gasteiger partial charge in [-0.1, -0.05) is 12.1 Å².